The molecule has 2 aliphatic rings. The predicted octanol–water partition coefficient (Wildman–Crippen LogP) is 0.275. The van der Waals surface area contributed by atoms with Crippen molar-refractivity contribution in [3.63, 3.8) is 0 Å². The van der Waals surface area contributed by atoms with Crippen LogP contribution in [0.15, 0.2) is 20.8 Å². The Morgan fingerprint density at radius 2 is 2.35 bits per heavy atom. The summed E-state index contributed by atoms with van der Waals surface area (Å²) in [7, 11) is 1.71. The topological polar surface area (TPSA) is 114 Å². The molecule has 2 aliphatic heterocycles. The molecule has 1 aromatic heterocycles. The second-order valence-electron chi connectivity index (χ2n) is 4.63. The largest absolute Gasteiger partial charge is 0.477 e. The maximum absolute atomic E-state index is 12.2. The molecular weight excluding hydrogens is 360 g/mol. The number of aromatic nitrogens is 4. The van der Waals surface area contributed by atoms with E-state index < -0.39 is 5.97 Å². The molecule has 122 valence electrons. The Balaban J connectivity index is 1.84. The number of rotatable bonds is 5. The molecule has 9 nitrogen and oxygen atoms in total. The molecular formula is C11H12N6O3S3. The minimum Gasteiger partial charge on any atom is -0.477 e. The van der Waals surface area contributed by atoms with Crippen LogP contribution in [0.4, 0.5) is 0 Å². The van der Waals surface area contributed by atoms with E-state index >= 15 is 0 Å². The third-order valence-electron chi connectivity index (χ3n) is 3.25. The van der Waals surface area contributed by atoms with Crippen LogP contribution in [0.1, 0.15) is 0 Å². The summed E-state index contributed by atoms with van der Waals surface area (Å²) >= 11 is 4.04. The summed E-state index contributed by atoms with van der Waals surface area (Å²) in [5, 5.41) is 20.9. The average molecular weight is 372 g/mol. The van der Waals surface area contributed by atoms with Gasteiger partial charge in [-0.2, -0.15) is 0 Å². The molecule has 1 saturated heterocycles. The van der Waals surface area contributed by atoms with Crippen molar-refractivity contribution in [2.24, 2.45) is 11.4 Å². The number of nitrogens with zero attached hydrogens (tertiary/aromatic N) is 6. The van der Waals surface area contributed by atoms with Crippen LogP contribution in [0.3, 0.4) is 0 Å². The molecule has 0 aliphatic carbocycles. The van der Waals surface area contributed by atoms with Gasteiger partial charge in [0.25, 0.3) is 5.91 Å². The number of β-lactam (4-membered cyclic amide) rings is 1. The first-order chi connectivity index (χ1) is 11.0. The summed E-state index contributed by atoms with van der Waals surface area (Å²) in [4.78, 5) is 25.1. The molecule has 1 N–H and O–H groups in total. The number of hydrogen-bond acceptors (Lipinski definition) is 9. The Hall–Kier alpha value is -1.53. The molecule has 0 spiro atoms. The fraction of sp³-hybridized carbons (Fsp3) is 0.455. The van der Waals surface area contributed by atoms with Gasteiger partial charge in [0.2, 0.25) is 5.16 Å². The summed E-state index contributed by atoms with van der Waals surface area (Å²) in [6, 6.07) is 0. The maximum Gasteiger partial charge on any atom is 0.352 e. The number of carboxylic acid groups (broad SMARTS) is 1. The summed E-state index contributed by atoms with van der Waals surface area (Å²) in [5.41, 5.74) is 1.16. The van der Waals surface area contributed by atoms with Gasteiger partial charge in [-0.3, -0.25) is 9.69 Å². The molecule has 0 bridgehead atoms. The third-order valence-corrected chi connectivity index (χ3v) is 5.99. The first kappa shape index (κ1) is 16.3. The molecule has 0 saturated carbocycles. The van der Waals surface area contributed by atoms with Crippen molar-refractivity contribution in [1.82, 2.24) is 25.1 Å². The van der Waals surface area contributed by atoms with E-state index in [1.165, 1.54) is 45.1 Å². The molecule has 0 aromatic carbocycles. The number of carbonyl (C=O) groups is 2. The van der Waals surface area contributed by atoms with Crippen LogP contribution in [0.2, 0.25) is 0 Å². The first-order valence-corrected chi connectivity index (χ1v) is 9.63. The van der Waals surface area contributed by atoms with E-state index in [1.54, 1.807) is 13.3 Å². The summed E-state index contributed by atoms with van der Waals surface area (Å²) < 4.78 is 5.60. The zero-order chi connectivity index (χ0) is 16.6. The van der Waals surface area contributed by atoms with E-state index in [1.807, 2.05) is 0 Å². The molecule has 3 rings (SSSR count). The van der Waals surface area contributed by atoms with Crippen molar-refractivity contribution in [3.05, 3.63) is 11.3 Å². The van der Waals surface area contributed by atoms with Crippen LogP contribution < -0.4 is 0 Å². The lowest BCUT2D eigenvalue weighted by molar-refractivity contribution is -0.139. The predicted molar refractivity (Wildman–Crippen MR) is 88.2 cm³/mol. The molecule has 23 heavy (non-hydrogen) atoms. The van der Waals surface area contributed by atoms with Crippen molar-refractivity contribution >= 4 is 53.1 Å². The highest BCUT2D eigenvalue weighted by Gasteiger charge is 2.51. The van der Waals surface area contributed by atoms with Gasteiger partial charge < -0.3 is 5.11 Å². The van der Waals surface area contributed by atoms with Gasteiger partial charge in [-0.05, 0) is 27.9 Å². The number of aryl methyl sites for hydroxylation is 1. The van der Waals surface area contributed by atoms with Crippen molar-refractivity contribution in [3.8, 4) is 0 Å². The minimum absolute atomic E-state index is 0.0569. The van der Waals surface area contributed by atoms with E-state index in [0.29, 0.717) is 27.9 Å². The second-order valence-corrected chi connectivity index (χ2v) is 7.19. The smallest absolute Gasteiger partial charge is 0.352 e. The van der Waals surface area contributed by atoms with Crippen LogP contribution in [0, 0.1) is 0 Å². The number of aliphatic carboxylic acids is 1. The highest BCUT2D eigenvalue weighted by molar-refractivity contribution is 8.02. The molecule has 0 radical (unpaired) electrons. The van der Waals surface area contributed by atoms with E-state index in [9.17, 15) is 14.7 Å². The Bertz CT molecular complexity index is 730. The monoisotopic (exact) mass is 372 g/mol. The Kier molecular flexibility index (Phi) is 4.64. The fourth-order valence-corrected chi connectivity index (χ4v) is 4.91. The van der Waals surface area contributed by atoms with Gasteiger partial charge in [-0.15, -0.1) is 16.9 Å². The van der Waals surface area contributed by atoms with Gasteiger partial charge in [0.05, 0.1) is 0 Å². The van der Waals surface area contributed by atoms with Crippen LogP contribution >= 0.6 is 35.5 Å². The number of amides is 1. The quantitative estimate of drug-likeness (QED) is 0.442. The molecule has 3 heterocycles. The van der Waals surface area contributed by atoms with Gasteiger partial charge >= 0.3 is 5.97 Å². The minimum atomic E-state index is -1.10. The zero-order valence-corrected chi connectivity index (χ0v) is 14.6. The SMILES string of the molecule is CS/N=C1/C(=O)N2C(C(=O)O)=C(CSc3nnnn3C)CS[C@H]12. The standard InChI is InChI=1S/C11H12N6O3S3/c1-16-11(12-14-15-16)23-4-5-3-22-9-6(13-21-2)8(18)17(9)7(5)10(19)20/h9H,3-4H2,1-2H3,(H,19,20)/b13-6-/t9-/m1/s1. The van der Waals surface area contributed by atoms with Gasteiger partial charge in [-0.1, -0.05) is 11.8 Å². The molecule has 0 unspecified atom stereocenters. The number of tetrazole rings is 1. The van der Waals surface area contributed by atoms with Crippen LogP contribution in [0.5, 0.6) is 0 Å². The Morgan fingerprint density at radius 3 is 2.96 bits per heavy atom. The van der Waals surface area contributed by atoms with Crippen LogP contribution in [0.25, 0.3) is 0 Å². The number of carbonyl (C=O) groups excluding carboxylic acids is 1. The summed E-state index contributed by atoms with van der Waals surface area (Å²) in [5.74, 6) is -0.494. The lowest BCUT2D eigenvalue weighted by Gasteiger charge is -2.44. The Morgan fingerprint density at radius 1 is 1.57 bits per heavy atom. The molecule has 1 amide bonds. The maximum atomic E-state index is 12.2. The van der Waals surface area contributed by atoms with E-state index in [-0.39, 0.29) is 17.0 Å². The molecule has 1 fully saturated rings. The number of fused-ring (bicyclic) bond motifs is 1. The highest BCUT2D eigenvalue weighted by atomic mass is 32.2. The second kappa shape index (κ2) is 6.53. The first-order valence-electron chi connectivity index (χ1n) is 6.41. The van der Waals surface area contributed by atoms with E-state index in [2.05, 4.69) is 19.9 Å². The van der Waals surface area contributed by atoms with Crippen molar-refractivity contribution < 1.29 is 14.7 Å². The van der Waals surface area contributed by atoms with E-state index in [0.717, 1.165) is 0 Å². The van der Waals surface area contributed by atoms with Gasteiger partial charge in [0.15, 0.2) is 0 Å². The van der Waals surface area contributed by atoms with Crippen LogP contribution in [-0.2, 0) is 16.6 Å². The van der Waals surface area contributed by atoms with Crippen molar-refractivity contribution in [2.45, 2.75) is 10.5 Å². The molecule has 1 aromatic rings. The average Bonchev–Trinajstić information content (AvgIpc) is 2.94. The number of hydrogen-bond donors (Lipinski definition) is 1. The van der Waals surface area contributed by atoms with E-state index in [4.69, 9.17) is 0 Å². The van der Waals surface area contributed by atoms with Gasteiger partial charge in [-0.25, -0.2) is 13.9 Å². The summed E-state index contributed by atoms with van der Waals surface area (Å²) in [6.45, 7) is 0. The Labute approximate surface area is 144 Å². The van der Waals surface area contributed by atoms with Crippen molar-refractivity contribution in [1.29, 1.82) is 0 Å². The molecule has 12 heteroatoms. The highest BCUT2D eigenvalue weighted by Crippen LogP contribution is 2.40. The lowest BCUT2D eigenvalue weighted by Crippen LogP contribution is -2.62. The zero-order valence-electron chi connectivity index (χ0n) is 12.2. The van der Waals surface area contributed by atoms with Crippen LogP contribution in [-0.4, -0.2) is 70.9 Å². The van der Waals surface area contributed by atoms with Crippen molar-refractivity contribution in [2.75, 3.05) is 17.8 Å². The van der Waals surface area contributed by atoms with Gasteiger partial charge in [0, 0.05) is 24.8 Å². The third kappa shape index (κ3) is 2.85. The van der Waals surface area contributed by atoms with Gasteiger partial charge in [0.1, 0.15) is 16.8 Å². The summed E-state index contributed by atoms with van der Waals surface area (Å²) in [6.07, 6.45) is 1.77. The lowest BCUT2D eigenvalue weighted by atomic mass is 10.1. The molecule has 1 atom stereocenters. The normalized spacial score (nSPS) is 22.3. The number of thioether (sulfide) groups is 2. The number of carboxylic acids is 1. The fourth-order valence-electron chi connectivity index (χ4n) is 2.22.